The molecule has 0 aliphatic carbocycles. The lowest BCUT2D eigenvalue weighted by molar-refractivity contribution is -0.122. The van der Waals surface area contributed by atoms with E-state index in [0.29, 0.717) is 18.2 Å². The Balaban J connectivity index is 2.02. The molecule has 0 saturated carbocycles. The summed E-state index contributed by atoms with van der Waals surface area (Å²) < 4.78 is 0.926. The Labute approximate surface area is 104 Å². The summed E-state index contributed by atoms with van der Waals surface area (Å²) >= 11 is 3.36. The van der Waals surface area contributed by atoms with Gasteiger partial charge in [0.25, 0.3) is 0 Å². The molecular formula is C12H15BrN2O. The van der Waals surface area contributed by atoms with Gasteiger partial charge < -0.3 is 5.32 Å². The average Bonchev–Trinajstić information content (AvgIpc) is 2.64. The van der Waals surface area contributed by atoms with Crippen molar-refractivity contribution in [1.82, 2.24) is 10.3 Å². The van der Waals surface area contributed by atoms with E-state index in [2.05, 4.69) is 33.2 Å². The first-order chi connectivity index (χ1) is 7.66. The fourth-order valence-electron chi connectivity index (χ4n) is 2.18. The fraction of sp³-hybridized carbons (Fsp3) is 0.500. The van der Waals surface area contributed by atoms with Gasteiger partial charge in [0.1, 0.15) is 5.78 Å². The molecule has 2 rings (SSSR count). The third-order valence-electron chi connectivity index (χ3n) is 3.08. The predicted octanol–water partition coefficient (Wildman–Crippen LogP) is 1.95. The molecule has 0 amide bonds. The van der Waals surface area contributed by atoms with E-state index in [0.717, 1.165) is 23.0 Å². The zero-order valence-corrected chi connectivity index (χ0v) is 10.8. The molecule has 3 nitrogen and oxygen atoms in total. The van der Waals surface area contributed by atoms with Crippen LogP contribution < -0.4 is 5.32 Å². The molecule has 0 spiro atoms. The topological polar surface area (TPSA) is 42.0 Å². The summed E-state index contributed by atoms with van der Waals surface area (Å²) in [5.41, 5.74) is 0.985. The van der Waals surface area contributed by atoms with Crippen molar-refractivity contribution in [3.63, 3.8) is 0 Å². The maximum atomic E-state index is 12.1. The van der Waals surface area contributed by atoms with Crippen LogP contribution in [0.5, 0.6) is 0 Å². The van der Waals surface area contributed by atoms with Crippen molar-refractivity contribution in [1.29, 1.82) is 0 Å². The van der Waals surface area contributed by atoms with E-state index in [1.54, 1.807) is 12.4 Å². The number of pyridine rings is 1. The molecule has 0 bridgehead atoms. The smallest absolute Gasteiger partial charge is 0.141 e. The third-order valence-corrected chi connectivity index (χ3v) is 3.51. The molecule has 86 valence electrons. The van der Waals surface area contributed by atoms with Gasteiger partial charge in [-0.1, -0.05) is 0 Å². The highest BCUT2D eigenvalue weighted by Gasteiger charge is 2.28. The van der Waals surface area contributed by atoms with E-state index in [4.69, 9.17) is 0 Å². The number of nitrogens with zero attached hydrogens (tertiary/aromatic N) is 1. The summed E-state index contributed by atoms with van der Waals surface area (Å²) in [7, 11) is 0. The summed E-state index contributed by atoms with van der Waals surface area (Å²) in [6.07, 6.45) is 4.94. The number of ketones is 1. The molecule has 1 N–H and O–H groups in total. The van der Waals surface area contributed by atoms with Gasteiger partial charge in [0.05, 0.1) is 0 Å². The Kier molecular flexibility index (Phi) is 3.71. The van der Waals surface area contributed by atoms with Crippen LogP contribution in [0.2, 0.25) is 0 Å². The van der Waals surface area contributed by atoms with Gasteiger partial charge in [0.2, 0.25) is 0 Å². The first-order valence-electron chi connectivity index (χ1n) is 5.52. The second kappa shape index (κ2) is 5.06. The number of rotatable bonds is 3. The van der Waals surface area contributed by atoms with Gasteiger partial charge in [0.15, 0.2) is 0 Å². The SMILES string of the molecule is CC1NCCC1C(=O)Cc1cncc(Br)c1. The third kappa shape index (κ3) is 2.68. The second-order valence-electron chi connectivity index (χ2n) is 4.29. The number of halogens is 1. The number of hydrogen-bond donors (Lipinski definition) is 1. The largest absolute Gasteiger partial charge is 0.314 e. The summed E-state index contributed by atoms with van der Waals surface area (Å²) in [4.78, 5) is 16.1. The van der Waals surface area contributed by atoms with Crippen molar-refractivity contribution in [2.24, 2.45) is 5.92 Å². The molecule has 1 aromatic heterocycles. The highest BCUT2D eigenvalue weighted by molar-refractivity contribution is 9.10. The fourth-order valence-corrected chi connectivity index (χ4v) is 2.60. The Morgan fingerprint density at radius 2 is 2.44 bits per heavy atom. The molecule has 0 aromatic carbocycles. The van der Waals surface area contributed by atoms with Crippen molar-refractivity contribution in [3.05, 3.63) is 28.5 Å². The van der Waals surface area contributed by atoms with Gasteiger partial charge in [-0.25, -0.2) is 0 Å². The Morgan fingerprint density at radius 1 is 1.62 bits per heavy atom. The molecule has 1 aliphatic heterocycles. The molecule has 4 heteroatoms. The minimum absolute atomic E-state index is 0.166. The number of aromatic nitrogens is 1. The molecule has 1 saturated heterocycles. The number of nitrogens with one attached hydrogen (secondary N) is 1. The van der Waals surface area contributed by atoms with E-state index in [1.165, 1.54) is 0 Å². The summed E-state index contributed by atoms with van der Waals surface area (Å²) in [6.45, 7) is 3.03. The van der Waals surface area contributed by atoms with Crippen LogP contribution >= 0.6 is 15.9 Å². The lowest BCUT2D eigenvalue weighted by Gasteiger charge is -2.13. The maximum absolute atomic E-state index is 12.1. The molecule has 16 heavy (non-hydrogen) atoms. The van der Waals surface area contributed by atoms with E-state index in [-0.39, 0.29) is 5.92 Å². The lowest BCUT2D eigenvalue weighted by atomic mass is 9.93. The van der Waals surface area contributed by atoms with Crippen LogP contribution in [0.3, 0.4) is 0 Å². The Morgan fingerprint density at radius 3 is 3.06 bits per heavy atom. The first-order valence-corrected chi connectivity index (χ1v) is 6.31. The van der Waals surface area contributed by atoms with Crippen LogP contribution in [0.15, 0.2) is 22.9 Å². The number of carbonyl (C=O) groups is 1. The van der Waals surface area contributed by atoms with Crippen LogP contribution in [0.4, 0.5) is 0 Å². The van der Waals surface area contributed by atoms with Crippen molar-refractivity contribution in [2.45, 2.75) is 25.8 Å². The molecule has 0 radical (unpaired) electrons. The molecule has 1 aliphatic rings. The molecule has 2 atom stereocenters. The normalized spacial score (nSPS) is 24.6. The van der Waals surface area contributed by atoms with Gasteiger partial charge in [-0.05, 0) is 47.4 Å². The first kappa shape index (κ1) is 11.7. The van der Waals surface area contributed by atoms with E-state index >= 15 is 0 Å². The monoisotopic (exact) mass is 282 g/mol. The molecular weight excluding hydrogens is 268 g/mol. The van der Waals surface area contributed by atoms with Crippen LogP contribution in [0.25, 0.3) is 0 Å². The van der Waals surface area contributed by atoms with Crippen molar-refractivity contribution in [3.8, 4) is 0 Å². The Bertz CT molecular complexity index is 394. The standard InChI is InChI=1S/C12H15BrN2O/c1-8-11(2-3-15-8)12(16)5-9-4-10(13)7-14-6-9/h4,6-8,11,15H,2-3,5H2,1H3. The highest BCUT2D eigenvalue weighted by atomic mass is 79.9. The molecule has 1 fully saturated rings. The molecule has 2 unspecified atom stereocenters. The van der Waals surface area contributed by atoms with Crippen LogP contribution in [-0.2, 0) is 11.2 Å². The van der Waals surface area contributed by atoms with Crippen LogP contribution in [-0.4, -0.2) is 23.4 Å². The van der Waals surface area contributed by atoms with Gasteiger partial charge in [-0.15, -0.1) is 0 Å². The number of carbonyl (C=O) groups excluding carboxylic acids is 1. The van der Waals surface area contributed by atoms with E-state index in [9.17, 15) is 4.79 Å². The van der Waals surface area contributed by atoms with Gasteiger partial charge in [-0.3, -0.25) is 9.78 Å². The molecule has 2 heterocycles. The minimum Gasteiger partial charge on any atom is -0.314 e. The van der Waals surface area contributed by atoms with Crippen LogP contribution in [0, 0.1) is 5.92 Å². The summed E-state index contributed by atoms with van der Waals surface area (Å²) in [6, 6.07) is 2.27. The molecule has 1 aromatic rings. The average molecular weight is 283 g/mol. The van der Waals surface area contributed by atoms with Gasteiger partial charge in [0, 0.05) is 35.2 Å². The minimum atomic E-state index is 0.166. The van der Waals surface area contributed by atoms with E-state index in [1.807, 2.05) is 6.07 Å². The lowest BCUT2D eigenvalue weighted by Crippen LogP contribution is -2.29. The Hall–Kier alpha value is -0.740. The van der Waals surface area contributed by atoms with Crippen LogP contribution in [0.1, 0.15) is 18.9 Å². The van der Waals surface area contributed by atoms with Gasteiger partial charge >= 0.3 is 0 Å². The van der Waals surface area contributed by atoms with E-state index < -0.39 is 0 Å². The predicted molar refractivity (Wildman–Crippen MR) is 66.2 cm³/mol. The summed E-state index contributed by atoms with van der Waals surface area (Å²) in [5.74, 6) is 0.483. The zero-order valence-electron chi connectivity index (χ0n) is 9.24. The highest BCUT2D eigenvalue weighted by Crippen LogP contribution is 2.19. The van der Waals surface area contributed by atoms with Crippen molar-refractivity contribution in [2.75, 3.05) is 6.54 Å². The van der Waals surface area contributed by atoms with Crippen molar-refractivity contribution >= 4 is 21.7 Å². The second-order valence-corrected chi connectivity index (χ2v) is 5.21. The number of hydrogen-bond acceptors (Lipinski definition) is 3. The number of Topliss-reactive ketones (excluding diaryl/α,β-unsaturated/α-hetero) is 1. The quantitative estimate of drug-likeness (QED) is 0.922. The van der Waals surface area contributed by atoms with Gasteiger partial charge in [-0.2, -0.15) is 0 Å². The maximum Gasteiger partial charge on any atom is 0.141 e. The van der Waals surface area contributed by atoms with Crippen molar-refractivity contribution < 1.29 is 4.79 Å². The zero-order chi connectivity index (χ0) is 11.5. The summed E-state index contributed by atoms with van der Waals surface area (Å²) in [5, 5.41) is 3.30.